The maximum atomic E-state index is 13.8. The van der Waals surface area contributed by atoms with Crippen LogP contribution < -0.4 is 0 Å². The first-order chi connectivity index (χ1) is 16.0. The van der Waals surface area contributed by atoms with E-state index in [1.165, 1.54) is 29.3 Å². The second-order valence-electron chi connectivity index (χ2n) is 10.1. The fourth-order valence-corrected chi connectivity index (χ4v) is 4.82. The number of carbonyl (C=O) groups is 1. The van der Waals surface area contributed by atoms with E-state index in [1.807, 2.05) is 27.7 Å². The zero-order chi connectivity index (χ0) is 24.7. The van der Waals surface area contributed by atoms with E-state index in [0.29, 0.717) is 41.9 Å². The molecule has 0 amide bonds. The second kappa shape index (κ2) is 9.02. The number of piperidine rings is 1. The van der Waals surface area contributed by atoms with Crippen molar-refractivity contribution in [1.82, 2.24) is 9.96 Å². The fourth-order valence-electron chi connectivity index (χ4n) is 4.82. The SMILES string of the molecule is CC1(C)C=C(CN2C/C(=C\c3cccc(F)c3)C(=O)/C(=C/c3cccc(F)c3)C2)C(C)(C)N1O. The number of nitrogens with zero attached hydrogens (tertiary/aromatic N) is 2. The number of benzene rings is 2. The van der Waals surface area contributed by atoms with E-state index in [2.05, 4.69) is 11.0 Å². The third kappa shape index (κ3) is 4.94. The van der Waals surface area contributed by atoms with Gasteiger partial charge in [-0.25, -0.2) is 8.78 Å². The van der Waals surface area contributed by atoms with Gasteiger partial charge < -0.3 is 5.21 Å². The summed E-state index contributed by atoms with van der Waals surface area (Å²) < 4.78 is 27.5. The van der Waals surface area contributed by atoms with Crippen molar-refractivity contribution in [1.29, 1.82) is 0 Å². The molecule has 0 radical (unpaired) electrons. The average Bonchev–Trinajstić information content (AvgIpc) is 2.90. The van der Waals surface area contributed by atoms with Gasteiger partial charge in [0, 0.05) is 30.8 Å². The van der Waals surface area contributed by atoms with Gasteiger partial charge in [-0.3, -0.25) is 9.69 Å². The molecule has 2 aromatic carbocycles. The number of hydrogen-bond acceptors (Lipinski definition) is 4. The molecule has 6 heteroatoms. The lowest BCUT2D eigenvalue weighted by Crippen LogP contribution is -2.49. The third-order valence-corrected chi connectivity index (χ3v) is 6.53. The number of halogens is 2. The molecule has 2 aromatic rings. The molecule has 1 fully saturated rings. The Kier molecular flexibility index (Phi) is 6.42. The number of rotatable bonds is 4. The molecule has 2 heterocycles. The highest BCUT2D eigenvalue weighted by Crippen LogP contribution is 2.39. The lowest BCUT2D eigenvalue weighted by Gasteiger charge is -2.38. The monoisotopic (exact) mass is 464 g/mol. The van der Waals surface area contributed by atoms with E-state index < -0.39 is 11.1 Å². The zero-order valence-electron chi connectivity index (χ0n) is 20.0. The molecule has 0 bridgehead atoms. The van der Waals surface area contributed by atoms with Crippen molar-refractivity contribution in [3.63, 3.8) is 0 Å². The van der Waals surface area contributed by atoms with Crippen LogP contribution in [-0.4, -0.2) is 51.7 Å². The molecule has 34 heavy (non-hydrogen) atoms. The zero-order valence-corrected chi connectivity index (χ0v) is 20.0. The summed E-state index contributed by atoms with van der Waals surface area (Å²) in [5.74, 6) is -0.866. The topological polar surface area (TPSA) is 43.8 Å². The van der Waals surface area contributed by atoms with Crippen LogP contribution in [0.5, 0.6) is 0 Å². The van der Waals surface area contributed by atoms with E-state index in [0.717, 1.165) is 5.57 Å². The maximum absolute atomic E-state index is 13.8. The lowest BCUT2D eigenvalue weighted by atomic mass is 9.91. The van der Waals surface area contributed by atoms with Crippen LogP contribution in [0.15, 0.2) is 71.3 Å². The van der Waals surface area contributed by atoms with E-state index in [1.54, 1.807) is 36.4 Å². The molecule has 4 rings (SSSR count). The van der Waals surface area contributed by atoms with E-state index in [9.17, 15) is 18.8 Å². The molecule has 1 saturated heterocycles. The Hall–Kier alpha value is -2.93. The van der Waals surface area contributed by atoms with Crippen LogP contribution in [0, 0.1) is 11.6 Å². The summed E-state index contributed by atoms with van der Waals surface area (Å²) in [6, 6.07) is 12.3. The number of hydroxylamine groups is 2. The van der Waals surface area contributed by atoms with Gasteiger partial charge in [0.15, 0.2) is 5.78 Å². The molecule has 178 valence electrons. The summed E-state index contributed by atoms with van der Waals surface area (Å²) in [6.45, 7) is 9.15. The van der Waals surface area contributed by atoms with E-state index >= 15 is 0 Å². The van der Waals surface area contributed by atoms with Crippen LogP contribution in [0.25, 0.3) is 12.2 Å². The minimum Gasteiger partial charge on any atom is -0.312 e. The van der Waals surface area contributed by atoms with Gasteiger partial charge in [-0.15, -0.1) is 0 Å². The Morgan fingerprint density at radius 3 is 1.82 bits per heavy atom. The van der Waals surface area contributed by atoms with Gasteiger partial charge in [0.2, 0.25) is 0 Å². The molecule has 0 spiro atoms. The minimum absolute atomic E-state index is 0.131. The molecule has 0 unspecified atom stereocenters. The predicted molar refractivity (Wildman–Crippen MR) is 130 cm³/mol. The van der Waals surface area contributed by atoms with Crippen molar-refractivity contribution in [2.75, 3.05) is 19.6 Å². The molecule has 1 N–H and O–H groups in total. The largest absolute Gasteiger partial charge is 0.312 e. The minimum atomic E-state index is -0.566. The molecule has 2 aliphatic heterocycles. The molecule has 0 aliphatic carbocycles. The first-order valence-electron chi connectivity index (χ1n) is 11.4. The highest BCUT2D eigenvalue weighted by molar-refractivity contribution is 6.14. The van der Waals surface area contributed by atoms with Gasteiger partial charge in [0.05, 0.1) is 11.1 Å². The van der Waals surface area contributed by atoms with Crippen LogP contribution >= 0.6 is 0 Å². The average molecular weight is 465 g/mol. The Labute approximate surface area is 199 Å². The number of likely N-dealkylation sites (tertiary alicyclic amines) is 1. The molecule has 4 nitrogen and oxygen atoms in total. The maximum Gasteiger partial charge on any atom is 0.187 e. The van der Waals surface area contributed by atoms with Crippen molar-refractivity contribution in [2.45, 2.75) is 38.8 Å². The van der Waals surface area contributed by atoms with Gasteiger partial charge in [-0.05, 0) is 80.8 Å². The Morgan fingerprint density at radius 2 is 1.41 bits per heavy atom. The molecule has 0 atom stereocenters. The second-order valence-corrected chi connectivity index (χ2v) is 10.1. The Balaban J connectivity index is 1.70. The summed E-state index contributed by atoms with van der Waals surface area (Å²) in [7, 11) is 0. The lowest BCUT2D eigenvalue weighted by molar-refractivity contribution is -0.185. The van der Waals surface area contributed by atoms with Crippen molar-refractivity contribution in [3.05, 3.63) is 94.1 Å². The highest BCUT2D eigenvalue weighted by Gasteiger charge is 2.45. The number of carbonyl (C=O) groups excluding carboxylic acids is 1. The van der Waals surface area contributed by atoms with Crippen LogP contribution in [-0.2, 0) is 4.79 Å². The summed E-state index contributed by atoms with van der Waals surface area (Å²) in [5, 5.41) is 12.0. The molecular weight excluding hydrogens is 434 g/mol. The molecule has 0 aromatic heterocycles. The standard InChI is InChI=1S/C28H30F2N2O2/c1-27(2)15-23(28(3,4)32(27)34)18-31-16-21(11-19-7-5-9-24(29)13-19)26(33)22(17-31)12-20-8-6-10-25(30)14-20/h5-15,34H,16-18H2,1-4H3/b21-11+,22-12+. The van der Waals surface area contributed by atoms with E-state index in [-0.39, 0.29) is 17.4 Å². The molecular formula is C28H30F2N2O2. The number of hydrogen-bond donors (Lipinski definition) is 1. The van der Waals surface area contributed by atoms with Crippen molar-refractivity contribution < 1.29 is 18.8 Å². The first-order valence-corrected chi connectivity index (χ1v) is 11.4. The van der Waals surface area contributed by atoms with Crippen LogP contribution in [0.4, 0.5) is 8.78 Å². The third-order valence-electron chi connectivity index (χ3n) is 6.53. The predicted octanol–water partition coefficient (Wildman–Crippen LogP) is 5.50. The summed E-state index contributed by atoms with van der Waals surface area (Å²) in [4.78, 5) is 15.5. The smallest absolute Gasteiger partial charge is 0.187 e. The quantitative estimate of drug-likeness (QED) is 0.479. The van der Waals surface area contributed by atoms with Crippen molar-refractivity contribution >= 4 is 17.9 Å². The van der Waals surface area contributed by atoms with Gasteiger partial charge in [0.1, 0.15) is 11.6 Å². The summed E-state index contributed by atoms with van der Waals surface area (Å²) >= 11 is 0. The summed E-state index contributed by atoms with van der Waals surface area (Å²) in [6.07, 6.45) is 5.50. The molecule has 2 aliphatic rings. The van der Waals surface area contributed by atoms with Crippen molar-refractivity contribution in [3.8, 4) is 0 Å². The molecule has 0 saturated carbocycles. The Bertz CT molecular complexity index is 1140. The Morgan fingerprint density at radius 1 is 0.912 bits per heavy atom. The highest BCUT2D eigenvalue weighted by atomic mass is 19.1. The van der Waals surface area contributed by atoms with Crippen molar-refractivity contribution in [2.24, 2.45) is 0 Å². The fraction of sp³-hybridized carbons (Fsp3) is 0.321. The van der Waals surface area contributed by atoms with Gasteiger partial charge in [-0.2, -0.15) is 5.06 Å². The summed E-state index contributed by atoms with van der Waals surface area (Å²) in [5.41, 5.74) is 2.27. The van der Waals surface area contributed by atoms with Gasteiger partial charge in [0.25, 0.3) is 0 Å². The van der Waals surface area contributed by atoms with Gasteiger partial charge >= 0.3 is 0 Å². The first kappa shape index (κ1) is 24.2. The van der Waals surface area contributed by atoms with Crippen LogP contribution in [0.1, 0.15) is 38.8 Å². The number of ketones is 1. The van der Waals surface area contributed by atoms with E-state index in [4.69, 9.17) is 0 Å². The van der Waals surface area contributed by atoms with Gasteiger partial charge in [-0.1, -0.05) is 30.3 Å². The van der Waals surface area contributed by atoms with Crippen LogP contribution in [0.2, 0.25) is 0 Å². The normalized spacial score (nSPS) is 23.0. The number of Topliss-reactive ketones (excluding diaryl/α,β-unsaturated/α-hetero) is 1. The van der Waals surface area contributed by atoms with Crippen LogP contribution in [0.3, 0.4) is 0 Å².